The molecule has 0 aromatic rings. The third-order valence-corrected chi connectivity index (χ3v) is 0.228. The fourth-order valence-corrected chi connectivity index (χ4v) is 0.0818. The number of hydrogen-bond acceptors (Lipinski definition) is 8. The Bertz CT molecular complexity index is 66.1. The summed E-state index contributed by atoms with van der Waals surface area (Å²) in [5.41, 5.74) is 5.93. The first-order chi connectivity index (χ1) is 4.41. The Morgan fingerprint density at radius 1 is 1.11 bits per heavy atom. The summed E-state index contributed by atoms with van der Waals surface area (Å²) in [4.78, 5) is 3.45. The molecule has 0 saturated heterocycles. The second-order valence-electron chi connectivity index (χ2n) is 0.501. The third kappa shape index (κ3) is 7.49. The molecular formula is HClN2O6. The van der Waals surface area contributed by atoms with E-state index in [2.05, 4.69) is 46.7 Å². The van der Waals surface area contributed by atoms with Gasteiger partial charge in [-0.2, -0.15) is 10.5 Å². The Labute approximate surface area is 53.4 Å². The van der Waals surface area contributed by atoms with E-state index in [0.717, 1.165) is 0 Å². The maximum atomic E-state index is 5.93. The summed E-state index contributed by atoms with van der Waals surface area (Å²) in [6, 6.07) is 0. The summed E-state index contributed by atoms with van der Waals surface area (Å²) in [6.07, 6.45) is 0. The lowest BCUT2D eigenvalue weighted by atomic mass is 13.1. The van der Waals surface area contributed by atoms with Gasteiger partial charge in [0.25, 0.3) is 0 Å². The summed E-state index contributed by atoms with van der Waals surface area (Å²) in [6.45, 7) is 0. The minimum Gasteiger partial charge on any atom is -0.166 e. The molecule has 0 rings (SSSR count). The lowest BCUT2D eigenvalue weighted by molar-refractivity contribution is -0.747. The quantitative estimate of drug-likeness (QED) is 0.267. The van der Waals surface area contributed by atoms with Gasteiger partial charge in [0.2, 0.25) is 0 Å². The standard InChI is InChI=1S/ClHN2O6/c1-4-6-8-9-7-5-3-2/h2H. The van der Waals surface area contributed by atoms with Crippen LogP contribution in [0, 0.1) is 5.53 Å². The average molecular weight is 160 g/mol. The SMILES string of the molecule is N=NOOOOOOCl. The highest BCUT2D eigenvalue weighted by Gasteiger charge is 1.88. The van der Waals surface area contributed by atoms with Crippen molar-refractivity contribution in [2.24, 2.45) is 5.28 Å². The monoisotopic (exact) mass is 160 g/mol. The third-order valence-electron chi connectivity index (χ3n) is 0.177. The largest absolute Gasteiger partial charge is 0.166 e. The van der Waals surface area contributed by atoms with Gasteiger partial charge in [-0.3, -0.25) is 0 Å². The van der Waals surface area contributed by atoms with Crippen molar-refractivity contribution in [1.29, 1.82) is 5.53 Å². The highest BCUT2D eigenvalue weighted by molar-refractivity contribution is 6.06. The fourth-order valence-electron chi connectivity index (χ4n) is 0.0608. The summed E-state index contributed by atoms with van der Waals surface area (Å²) in [7, 11) is 0. The van der Waals surface area contributed by atoms with Crippen LogP contribution < -0.4 is 0 Å². The molecule has 0 aliphatic heterocycles. The Balaban J connectivity index is 2.66. The Hall–Kier alpha value is -0.510. The van der Waals surface area contributed by atoms with Gasteiger partial charge in [0, 0.05) is 10.1 Å². The van der Waals surface area contributed by atoms with Crippen molar-refractivity contribution >= 4 is 11.9 Å². The number of nitrogens with zero attached hydrogens (tertiary/aromatic N) is 1. The Morgan fingerprint density at radius 2 is 1.78 bits per heavy atom. The first-order valence-electron chi connectivity index (χ1n) is 1.39. The highest BCUT2D eigenvalue weighted by atomic mass is 35.5. The van der Waals surface area contributed by atoms with E-state index in [1.54, 1.807) is 0 Å². The van der Waals surface area contributed by atoms with Crippen molar-refractivity contribution in [3.63, 3.8) is 0 Å². The van der Waals surface area contributed by atoms with Gasteiger partial charge in [0.15, 0.2) is 0 Å². The Morgan fingerprint density at radius 3 is 2.33 bits per heavy atom. The molecule has 0 unspecified atom stereocenters. The van der Waals surface area contributed by atoms with Gasteiger partial charge in [0.05, 0.1) is 5.28 Å². The minimum absolute atomic E-state index is 2.23. The van der Waals surface area contributed by atoms with E-state index in [-0.39, 0.29) is 0 Å². The molecule has 0 atom stereocenters. The van der Waals surface area contributed by atoms with Crippen molar-refractivity contribution in [3.05, 3.63) is 0 Å². The molecule has 9 heteroatoms. The van der Waals surface area contributed by atoms with Crippen LogP contribution in [0.5, 0.6) is 0 Å². The van der Waals surface area contributed by atoms with Crippen molar-refractivity contribution < 1.29 is 29.6 Å². The average Bonchev–Trinajstić information content (AvgIpc) is 1.89. The van der Waals surface area contributed by atoms with Gasteiger partial charge < -0.3 is 0 Å². The van der Waals surface area contributed by atoms with E-state index >= 15 is 0 Å². The van der Waals surface area contributed by atoms with E-state index < -0.39 is 0 Å². The molecule has 0 spiro atoms. The van der Waals surface area contributed by atoms with Gasteiger partial charge in [-0.1, -0.05) is 4.44 Å². The number of nitrogens with one attached hydrogen (secondary N) is 1. The van der Waals surface area contributed by atoms with Crippen molar-refractivity contribution in [2.45, 2.75) is 0 Å². The molecule has 9 heavy (non-hydrogen) atoms. The second kappa shape index (κ2) is 7.49. The molecule has 0 saturated carbocycles. The van der Waals surface area contributed by atoms with E-state index in [0.29, 0.717) is 0 Å². The normalized spacial score (nSPS) is 9.00. The molecule has 8 nitrogen and oxygen atoms in total. The number of rotatable bonds is 6. The molecule has 54 valence electrons. The van der Waals surface area contributed by atoms with E-state index in [1.165, 1.54) is 0 Å². The van der Waals surface area contributed by atoms with E-state index in [4.69, 9.17) is 5.53 Å². The first-order valence-corrected chi connectivity index (χ1v) is 1.70. The molecule has 0 bridgehead atoms. The van der Waals surface area contributed by atoms with Crippen LogP contribution in [-0.2, 0) is 29.6 Å². The summed E-state index contributed by atoms with van der Waals surface area (Å²) in [5, 5.41) is 16.0. The van der Waals surface area contributed by atoms with Crippen molar-refractivity contribution in [3.8, 4) is 0 Å². The van der Waals surface area contributed by atoms with Gasteiger partial charge in [-0.05, 0) is 10.1 Å². The zero-order valence-electron chi connectivity index (χ0n) is 3.77. The zero-order chi connectivity index (χ0) is 6.95. The summed E-state index contributed by atoms with van der Waals surface area (Å²) >= 11 is 4.43. The fraction of sp³-hybridized carbons (Fsp3) is 0. The van der Waals surface area contributed by atoms with Crippen molar-refractivity contribution in [1.82, 2.24) is 0 Å². The van der Waals surface area contributed by atoms with Crippen LogP contribution in [-0.4, -0.2) is 0 Å². The van der Waals surface area contributed by atoms with Crippen molar-refractivity contribution in [2.75, 3.05) is 0 Å². The second-order valence-corrected chi connectivity index (χ2v) is 0.627. The lowest BCUT2D eigenvalue weighted by Gasteiger charge is -1.90. The molecule has 0 aliphatic carbocycles. The molecule has 0 aromatic carbocycles. The van der Waals surface area contributed by atoms with Crippen LogP contribution in [0.1, 0.15) is 0 Å². The van der Waals surface area contributed by atoms with E-state index in [1.807, 2.05) is 0 Å². The predicted octanol–water partition coefficient (Wildman–Crippen LogP) is 0.761. The van der Waals surface area contributed by atoms with Crippen LogP contribution in [0.25, 0.3) is 0 Å². The number of halogens is 1. The molecule has 0 aliphatic rings. The van der Waals surface area contributed by atoms with E-state index in [9.17, 15) is 0 Å². The Kier molecular flexibility index (Phi) is 7.07. The maximum absolute atomic E-state index is 5.93. The number of hydrogen-bond donors (Lipinski definition) is 1. The van der Waals surface area contributed by atoms with Gasteiger partial charge in [-0.15, -0.1) is 0 Å². The zero-order valence-corrected chi connectivity index (χ0v) is 4.53. The molecule has 0 aromatic heterocycles. The summed E-state index contributed by atoms with van der Waals surface area (Å²) in [5.74, 6) is 0. The van der Waals surface area contributed by atoms with Crippen LogP contribution in [0.4, 0.5) is 0 Å². The maximum Gasteiger partial charge on any atom is 0.103 e. The molecule has 0 amide bonds. The van der Waals surface area contributed by atoms with Crippen LogP contribution in [0.2, 0.25) is 0 Å². The van der Waals surface area contributed by atoms with Gasteiger partial charge in [0.1, 0.15) is 11.9 Å². The smallest absolute Gasteiger partial charge is 0.103 e. The van der Waals surface area contributed by atoms with Crippen LogP contribution in [0.3, 0.4) is 0 Å². The molecule has 1 N–H and O–H groups in total. The van der Waals surface area contributed by atoms with Crippen LogP contribution in [0.15, 0.2) is 5.28 Å². The summed E-state index contributed by atoms with van der Waals surface area (Å²) < 4.78 is 3.33. The molecular weight excluding hydrogens is 159 g/mol. The lowest BCUT2D eigenvalue weighted by Crippen LogP contribution is -1.93. The molecule has 0 fully saturated rings. The highest BCUT2D eigenvalue weighted by Crippen LogP contribution is 1.87. The predicted molar refractivity (Wildman–Crippen MR) is 17.5 cm³/mol. The van der Waals surface area contributed by atoms with Gasteiger partial charge >= 0.3 is 0 Å². The molecule has 0 heterocycles. The minimum atomic E-state index is 2.23. The first kappa shape index (κ1) is 8.49. The molecule has 0 radical (unpaired) electrons. The van der Waals surface area contributed by atoms with Gasteiger partial charge in [-0.25, -0.2) is 0 Å². The topological polar surface area (TPSA) is 91.6 Å². The van der Waals surface area contributed by atoms with Crippen LogP contribution >= 0.6 is 11.9 Å².